The topological polar surface area (TPSA) is 120 Å². The Kier molecular flexibility index (Phi) is 9.18. The van der Waals surface area contributed by atoms with Gasteiger partial charge in [-0.05, 0) is 69.8 Å². The molecule has 1 aliphatic carbocycles. The zero-order valence-corrected chi connectivity index (χ0v) is 22.3. The van der Waals surface area contributed by atoms with Gasteiger partial charge in [0.2, 0.25) is 5.95 Å². The zero-order chi connectivity index (χ0) is 27.1. The number of esters is 1. The zero-order valence-electron chi connectivity index (χ0n) is 22.3. The number of nitrogens with one attached hydrogen (secondary N) is 1. The fraction of sp³-hybridized carbons (Fsp3) is 0.429. The van der Waals surface area contributed by atoms with Crippen molar-refractivity contribution in [1.29, 1.82) is 0 Å². The van der Waals surface area contributed by atoms with Gasteiger partial charge >= 0.3 is 5.97 Å². The van der Waals surface area contributed by atoms with Gasteiger partial charge < -0.3 is 25.4 Å². The third kappa shape index (κ3) is 8.23. The van der Waals surface area contributed by atoms with Gasteiger partial charge in [-0.1, -0.05) is 26.0 Å². The predicted octanol–water partition coefficient (Wildman–Crippen LogP) is 3.89. The van der Waals surface area contributed by atoms with Gasteiger partial charge in [-0.25, -0.2) is 9.97 Å². The van der Waals surface area contributed by atoms with Gasteiger partial charge in [0.1, 0.15) is 23.5 Å². The number of ether oxygens (including phenoxy) is 2. The Hall–Kier alpha value is -3.56. The molecule has 0 saturated carbocycles. The molecule has 1 heterocycles. The van der Waals surface area contributed by atoms with Gasteiger partial charge in [-0.15, -0.1) is 0 Å². The summed E-state index contributed by atoms with van der Waals surface area (Å²) >= 11 is 0. The molecule has 198 valence electrons. The Morgan fingerprint density at radius 1 is 1.11 bits per heavy atom. The number of hydrogen-bond acceptors (Lipinski definition) is 9. The summed E-state index contributed by atoms with van der Waals surface area (Å²) in [6.45, 7) is 13.1. The number of ketones is 1. The highest BCUT2D eigenvalue weighted by Crippen LogP contribution is 2.26. The lowest BCUT2D eigenvalue weighted by Crippen LogP contribution is -2.49. The fourth-order valence-electron chi connectivity index (χ4n) is 3.72. The highest BCUT2D eigenvalue weighted by molar-refractivity contribution is 6.09. The van der Waals surface area contributed by atoms with E-state index in [1.54, 1.807) is 39.2 Å². The van der Waals surface area contributed by atoms with E-state index in [-0.39, 0.29) is 12.2 Å². The lowest BCUT2D eigenvalue weighted by Gasteiger charge is -2.27. The van der Waals surface area contributed by atoms with Crippen LogP contribution in [-0.2, 0) is 14.3 Å². The van der Waals surface area contributed by atoms with E-state index in [4.69, 9.17) is 15.2 Å². The third-order valence-corrected chi connectivity index (χ3v) is 5.83. The number of benzene rings is 1. The van der Waals surface area contributed by atoms with Crippen LogP contribution in [-0.4, -0.2) is 64.0 Å². The SMILES string of the molecule is CCN(CC)CCOc1ccc(Nc2ncc(C3=CC(=O)C(N)(CC(=O)OC(C)(C)C)C=C3)cn2)cc1. The molecule has 1 atom stereocenters. The molecule has 1 aromatic heterocycles. The molecule has 0 saturated heterocycles. The van der Waals surface area contributed by atoms with Crippen molar-refractivity contribution in [2.45, 2.75) is 52.2 Å². The third-order valence-electron chi connectivity index (χ3n) is 5.83. The first-order valence-electron chi connectivity index (χ1n) is 12.5. The Bertz CT molecular complexity index is 1130. The fourth-order valence-corrected chi connectivity index (χ4v) is 3.72. The van der Waals surface area contributed by atoms with E-state index in [9.17, 15) is 9.59 Å². The molecule has 0 bridgehead atoms. The van der Waals surface area contributed by atoms with Crippen molar-refractivity contribution in [2.24, 2.45) is 5.73 Å². The number of carbonyl (C=O) groups is 2. The van der Waals surface area contributed by atoms with E-state index < -0.39 is 17.1 Å². The lowest BCUT2D eigenvalue weighted by molar-refractivity contribution is -0.156. The number of nitrogens with two attached hydrogens (primary N) is 1. The molecule has 3 rings (SSSR count). The molecule has 0 amide bonds. The molecule has 1 aliphatic rings. The quantitative estimate of drug-likeness (QED) is 0.436. The standard InChI is InChI=1S/C28H37N5O4/c1-6-33(7-2)14-15-36-23-10-8-22(9-11-23)32-26-30-18-21(19-31-26)20-12-13-28(29,24(34)16-20)17-25(35)37-27(3,4)5/h8-13,16,18-19H,6-7,14-15,17,29H2,1-5H3,(H,30,31,32). The van der Waals surface area contributed by atoms with Crippen LogP contribution in [0.2, 0.25) is 0 Å². The Morgan fingerprint density at radius 3 is 2.32 bits per heavy atom. The van der Waals surface area contributed by atoms with E-state index in [1.165, 1.54) is 12.2 Å². The van der Waals surface area contributed by atoms with Crippen molar-refractivity contribution in [3.05, 3.63) is 60.5 Å². The van der Waals surface area contributed by atoms with Crippen LogP contribution in [0.25, 0.3) is 5.57 Å². The molecule has 0 aliphatic heterocycles. The number of rotatable bonds is 11. The maximum absolute atomic E-state index is 12.7. The average molecular weight is 508 g/mol. The Balaban J connectivity index is 1.56. The van der Waals surface area contributed by atoms with Crippen molar-refractivity contribution in [2.75, 3.05) is 31.6 Å². The van der Waals surface area contributed by atoms with Gasteiger partial charge in [0, 0.05) is 30.2 Å². The summed E-state index contributed by atoms with van der Waals surface area (Å²) in [4.78, 5) is 36.0. The minimum Gasteiger partial charge on any atom is -0.492 e. The van der Waals surface area contributed by atoms with Gasteiger partial charge in [0.05, 0.1) is 6.42 Å². The molecule has 9 nitrogen and oxygen atoms in total. The summed E-state index contributed by atoms with van der Waals surface area (Å²) in [5.41, 5.74) is 6.22. The maximum Gasteiger partial charge on any atom is 0.308 e. The Morgan fingerprint density at radius 2 is 1.76 bits per heavy atom. The summed E-state index contributed by atoms with van der Waals surface area (Å²) in [6.07, 6.45) is 7.67. The van der Waals surface area contributed by atoms with Crippen LogP contribution in [0.3, 0.4) is 0 Å². The average Bonchev–Trinajstić information content (AvgIpc) is 2.84. The normalized spacial score (nSPS) is 17.5. The molecule has 1 aromatic carbocycles. The second-order valence-corrected chi connectivity index (χ2v) is 9.92. The van der Waals surface area contributed by atoms with Gasteiger partial charge in [-0.2, -0.15) is 0 Å². The predicted molar refractivity (Wildman–Crippen MR) is 145 cm³/mol. The van der Waals surface area contributed by atoms with Crippen LogP contribution in [0.15, 0.2) is 54.9 Å². The molecule has 1 unspecified atom stereocenters. The minimum absolute atomic E-state index is 0.234. The summed E-state index contributed by atoms with van der Waals surface area (Å²) < 4.78 is 11.1. The van der Waals surface area contributed by atoms with E-state index in [2.05, 4.69) is 34.0 Å². The number of likely N-dealkylation sites (N-methyl/N-ethyl adjacent to an activating group) is 1. The number of allylic oxidation sites excluding steroid dienone is 2. The van der Waals surface area contributed by atoms with Crippen LogP contribution >= 0.6 is 0 Å². The molecule has 37 heavy (non-hydrogen) atoms. The molecule has 2 aromatic rings. The molecule has 9 heteroatoms. The first kappa shape index (κ1) is 28.0. The van der Waals surface area contributed by atoms with Crippen LogP contribution in [0, 0.1) is 0 Å². The van der Waals surface area contributed by atoms with E-state index in [0.29, 0.717) is 23.7 Å². The van der Waals surface area contributed by atoms with Gasteiger partial charge in [0.25, 0.3) is 0 Å². The smallest absolute Gasteiger partial charge is 0.308 e. The second kappa shape index (κ2) is 12.1. The molecular weight excluding hydrogens is 470 g/mol. The number of aromatic nitrogens is 2. The summed E-state index contributed by atoms with van der Waals surface area (Å²) in [5, 5.41) is 3.15. The summed E-state index contributed by atoms with van der Waals surface area (Å²) in [7, 11) is 0. The number of anilines is 2. The van der Waals surface area contributed by atoms with E-state index in [1.807, 2.05) is 24.3 Å². The van der Waals surface area contributed by atoms with Crippen molar-refractivity contribution >= 4 is 29.0 Å². The van der Waals surface area contributed by atoms with Crippen molar-refractivity contribution < 1.29 is 19.1 Å². The second-order valence-electron chi connectivity index (χ2n) is 9.92. The van der Waals surface area contributed by atoms with Crippen molar-refractivity contribution in [3.63, 3.8) is 0 Å². The number of nitrogens with zero attached hydrogens (tertiary/aromatic N) is 3. The number of hydrogen-bond donors (Lipinski definition) is 2. The first-order valence-corrected chi connectivity index (χ1v) is 12.5. The van der Waals surface area contributed by atoms with Gasteiger partial charge in [0.15, 0.2) is 5.78 Å². The Labute approximate surface area is 218 Å². The molecule has 3 N–H and O–H groups in total. The molecule has 0 radical (unpaired) electrons. The van der Waals surface area contributed by atoms with E-state index >= 15 is 0 Å². The van der Waals surface area contributed by atoms with Crippen LogP contribution in [0.5, 0.6) is 5.75 Å². The largest absolute Gasteiger partial charge is 0.492 e. The summed E-state index contributed by atoms with van der Waals surface area (Å²) in [6, 6.07) is 7.61. The first-order chi connectivity index (χ1) is 17.5. The van der Waals surface area contributed by atoms with Crippen molar-refractivity contribution in [3.8, 4) is 5.75 Å². The highest BCUT2D eigenvalue weighted by Gasteiger charge is 2.36. The monoisotopic (exact) mass is 507 g/mol. The maximum atomic E-state index is 12.7. The minimum atomic E-state index is -1.44. The molecule has 0 spiro atoms. The van der Waals surface area contributed by atoms with Crippen LogP contribution in [0.1, 0.15) is 46.6 Å². The molecular formula is C28H37N5O4. The van der Waals surface area contributed by atoms with Crippen molar-refractivity contribution in [1.82, 2.24) is 14.9 Å². The molecule has 0 fully saturated rings. The highest BCUT2D eigenvalue weighted by atomic mass is 16.6. The van der Waals surface area contributed by atoms with Crippen LogP contribution in [0.4, 0.5) is 11.6 Å². The number of carbonyl (C=O) groups excluding carboxylic acids is 2. The van der Waals surface area contributed by atoms with Crippen LogP contribution < -0.4 is 15.8 Å². The van der Waals surface area contributed by atoms with E-state index in [0.717, 1.165) is 31.1 Å². The van der Waals surface area contributed by atoms with Gasteiger partial charge in [-0.3, -0.25) is 9.59 Å². The summed E-state index contributed by atoms with van der Waals surface area (Å²) in [5.74, 6) is 0.321. The lowest BCUT2D eigenvalue weighted by atomic mass is 9.84.